The van der Waals surface area contributed by atoms with Crippen molar-refractivity contribution >= 4 is 5.69 Å². The molecule has 0 amide bonds. The third kappa shape index (κ3) is 2.06. The molecule has 1 rings (SSSR count). The van der Waals surface area contributed by atoms with Crippen LogP contribution in [0.4, 0.5) is 5.69 Å². The fraction of sp³-hybridized carbons (Fsp3) is 0.400. The van der Waals surface area contributed by atoms with E-state index in [0.717, 1.165) is 17.6 Å². The molecule has 2 N–H and O–H groups in total. The van der Waals surface area contributed by atoms with Crippen LogP contribution in [0.15, 0.2) is 30.3 Å². The number of likely N-dealkylation sites (N-methyl/N-ethyl adjacent to an activating group) is 1. The first-order valence-electron chi connectivity index (χ1n) is 4.25. The summed E-state index contributed by atoms with van der Waals surface area (Å²) in [6.45, 7) is 1.70. The standard InChI is InChI=1S/C10H17N2/c1-12(2,9-8-11)10-6-4-3-5-7-10/h3-7H,8-9,11H2,1-2H3/q+1. The average molecular weight is 165 g/mol. The van der Waals surface area contributed by atoms with Crippen molar-refractivity contribution in [3.63, 3.8) is 0 Å². The van der Waals surface area contributed by atoms with Gasteiger partial charge >= 0.3 is 0 Å². The van der Waals surface area contributed by atoms with Gasteiger partial charge in [-0.05, 0) is 12.1 Å². The normalized spacial score (nSPS) is 11.6. The van der Waals surface area contributed by atoms with Gasteiger partial charge in [-0.1, -0.05) is 18.2 Å². The van der Waals surface area contributed by atoms with Crippen LogP contribution in [0, 0.1) is 0 Å². The van der Waals surface area contributed by atoms with Crippen molar-refractivity contribution in [1.29, 1.82) is 0 Å². The Kier molecular flexibility index (Phi) is 2.84. The maximum atomic E-state index is 5.54. The topological polar surface area (TPSA) is 26.0 Å². The van der Waals surface area contributed by atoms with Crippen molar-refractivity contribution in [1.82, 2.24) is 4.48 Å². The second-order valence-corrected chi connectivity index (χ2v) is 3.53. The van der Waals surface area contributed by atoms with E-state index in [1.807, 2.05) is 6.07 Å². The molecule has 0 radical (unpaired) electrons. The quantitative estimate of drug-likeness (QED) is 0.669. The molecule has 0 fully saturated rings. The second-order valence-electron chi connectivity index (χ2n) is 3.53. The highest BCUT2D eigenvalue weighted by atomic mass is 15.3. The van der Waals surface area contributed by atoms with Crippen molar-refractivity contribution < 1.29 is 0 Å². The maximum Gasteiger partial charge on any atom is 0.132 e. The van der Waals surface area contributed by atoms with Crippen molar-refractivity contribution in [3.8, 4) is 0 Å². The highest BCUT2D eigenvalue weighted by molar-refractivity contribution is 5.40. The van der Waals surface area contributed by atoms with Gasteiger partial charge in [0.05, 0.1) is 20.6 Å². The SMILES string of the molecule is C[N+](C)(CCN)c1ccccc1. The summed E-state index contributed by atoms with van der Waals surface area (Å²) in [4.78, 5) is 0. The van der Waals surface area contributed by atoms with Gasteiger partial charge in [-0.2, -0.15) is 0 Å². The summed E-state index contributed by atoms with van der Waals surface area (Å²) in [6, 6.07) is 10.4. The van der Waals surface area contributed by atoms with Gasteiger partial charge in [0.25, 0.3) is 0 Å². The second kappa shape index (κ2) is 3.70. The minimum absolute atomic E-state index is 0.724. The molecule has 0 aliphatic carbocycles. The average Bonchev–Trinajstić information content (AvgIpc) is 2.06. The largest absolute Gasteiger partial charge is 0.326 e. The number of nitrogens with zero attached hydrogens (tertiary/aromatic N) is 1. The first-order valence-corrected chi connectivity index (χ1v) is 4.25. The number of benzene rings is 1. The van der Waals surface area contributed by atoms with Gasteiger partial charge in [0.15, 0.2) is 0 Å². The molecule has 0 spiro atoms. The van der Waals surface area contributed by atoms with Crippen LogP contribution < -0.4 is 10.2 Å². The van der Waals surface area contributed by atoms with Crippen molar-refractivity contribution in [2.45, 2.75) is 0 Å². The third-order valence-corrected chi connectivity index (χ3v) is 2.14. The van der Waals surface area contributed by atoms with Gasteiger partial charge in [-0.15, -0.1) is 0 Å². The molecule has 12 heavy (non-hydrogen) atoms. The molecule has 0 aliphatic heterocycles. The Bertz CT molecular complexity index is 229. The lowest BCUT2D eigenvalue weighted by atomic mass is 10.2. The van der Waals surface area contributed by atoms with Gasteiger partial charge in [0.2, 0.25) is 0 Å². The van der Waals surface area contributed by atoms with Crippen LogP contribution in [0.2, 0.25) is 0 Å². The van der Waals surface area contributed by atoms with Gasteiger partial charge in [-0.3, -0.25) is 4.48 Å². The van der Waals surface area contributed by atoms with Crippen molar-refractivity contribution in [3.05, 3.63) is 30.3 Å². The molecule has 0 saturated heterocycles. The molecule has 2 nitrogen and oxygen atoms in total. The van der Waals surface area contributed by atoms with E-state index in [1.165, 1.54) is 5.69 Å². The van der Waals surface area contributed by atoms with Crippen LogP contribution in [0.1, 0.15) is 0 Å². The van der Waals surface area contributed by atoms with Crippen LogP contribution in [-0.2, 0) is 0 Å². The van der Waals surface area contributed by atoms with Crippen molar-refractivity contribution in [2.24, 2.45) is 5.73 Å². The third-order valence-electron chi connectivity index (χ3n) is 2.14. The lowest BCUT2D eigenvalue weighted by Crippen LogP contribution is -2.44. The summed E-state index contributed by atoms with van der Waals surface area (Å²) >= 11 is 0. The van der Waals surface area contributed by atoms with E-state index in [4.69, 9.17) is 5.73 Å². The van der Waals surface area contributed by atoms with Gasteiger partial charge in [0, 0.05) is 6.54 Å². The highest BCUT2D eigenvalue weighted by Crippen LogP contribution is 2.16. The lowest BCUT2D eigenvalue weighted by molar-refractivity contribution is 0.408. The van der Waals surface area contributed by atoms with Gasteiger partial charge in [0.1, 0.15) is 5.69 Å². The molecule has 0 aromatic heterocycles. The van der Waals surface area contributed by atoms with Crippen LogP contribution in [0.25, 0.3) is 0 Å². The maximum absolute atomic E-state index is 5.54. The molecule has 0 heterocycles. The van der Waals surface area contributed by atoms with E-state index < -0.39 is 0 Å². The number of hydrogen-bond acceptors (Lipinski definition) is 1. The molecule has 1 aromatic rings. The molecule has 0 bridgehead atoms. The molecule has 0 unspecified atom stereocenters. The number of quaternary nitrogens is 1. The fourth-order valence-electron chi connectivity index (χ4n) is 1.28. The number of nitrogens with two attached hydrogens (primary N) is 1. The van der Waals surface area contributed by atoms with Gasteiger partial charge < -0.3 is 5.73 Å². The molecule has 0 aliphatic rings. The van der Waals surface area contributed by atoms with E-state index >= 15 is 0 Å². The Morgan fingerprint density at radius 1 is 1.17 bits per heavy atom. The zero-order valence-electron chi connectivity index (χ0n) is 7.83. The first-order chi connectivity index (χ1) is 5.67. The zero-order chi connectivity index (χ0) is 9.03. The summed E-state index contributed by atoms with van der Waals surface area (Å²) in [6.07, 6.45) is 0. The molecular formula is C10H17N2+. The Balaban J connectivity index is 2.82. The summed E-state index contributed by atoms with van der Waals surface area (Å²) < 4.78 is 0.858. The van der Waals surface area contributed by atoms with Crippen LogP contribution in [-0.4, -0.2) is 27.2 Å². The van der Waals surface area contributed by atoms with E-state index in [0.29, 0.717) is 0 Å². The predicted octanol–water partition coefficient (Wildman–Crippen LogP) is 1.21. The van der Waals surface area contributed by atoms with Crippen molar-refractivity contribution in [2.75, 3.05) is 27.2 Å². The summed E-state index contributed by atoms with van der Waals surface area (Å²) in [5, 5.41) is 0. The van der Waals surface area contributed by atoms with E-state index in [1.54, 1.807) is 0 Å². The molecule has 2 heteroatoms. The predicted molar refractivity (Wildman–Crippen MR) is 54.0 cm³/mol. The van der Waals surface area contributed by atoms with E-state index in [-0.39, 0.29) is 0 Å². The van der Waals surface area contributed by atoms with Crippen LogP contribution in [0.5, 0.6) is 0 Å². The Hall–Kier alpha value is -0.860. The summed E-state index contributed by atoms with van der Waals surface area (Å²) in [5.41, 5.74) is 6.84. The Morgan fingerprint density at radius 2 is 1.75 bits per heavy atom. The molecule has 0 atom stereocenters. The smallest absolute Gasteiger partial charge is 0.132 e. The molecule has 0 saturated carbocycles. The Labute approximate surface area is 74.2 Å². The Morgan fingerprint density at radius 3 is 2.25 bits per heavy atom. The highest BCUT2D eigenvalue weighted by Gasteiger charge is 2.16. The number of rotatable bonds is 3. The first kappa shape index (κ1) is 9.23. The van der Waals surface area contributed by atoms with Crippen LogP contribution >= 0.6 is 0 Å². The fourth-order valence-corrected chi connectivity index (χ4v) is 1.28. The van der Waals surface area contributed by atoms with Crippen LogP contribution in [0.3, 0.4) is 0 Å². The lowest BCUT2D eigenvalue weighted by Gasteiger charge is -2.28. The number of hydrogen-bond donors (Lipinski definition) is 1. The van der Waals surface area contributed by atoms with Gasteiger partial charge in [-0.25, -0.2) is 0 Å². The molecular weight excluding hydrogens is 148 g/mol. The number of para-hydroxylation sites is 1. The minimum atomic E-state index is 0.724. The minimum Gasteiger partial charge on any atom is -0.326 e. The van der Waals surface area contributed by atoms with E-state index in [2.05, 4.69) is 38.4 Å². The summed E-state index contributed by atoms with van der Waals surface area (Å²) in [7, 11) is 4.34. The summed E-state index contributed by atoms with van der Waals surface area (Å²) in [5.74, 6) is 0. The molecule has 1 aromatic carbocycles. The monoisotopic (exact) mass is 165 g/mol. The van der Waals surface area contributed by atoms with E-state index in [9.17, 15) is 0 Å². The molecule has 66 valence electrons. The zero-order valence-corrected chi connectivity index (χ0v) is 7.83.